The number of rotatable bonds is 2. The predicted molar refractivity (Wildman–Crippen MR) is 58.8 cm³/mol. The molecule has 0 aromatic heterocycles. The molecule has 1 aromatic carbocycles. The lowest BCUT2D eigenvalue weighted by Crippen LogP contribution is -2.28. The molecular weight excluding hydrogens is 190 g/mol. The summed E-state index contributed by atoms with van der Waals surface area (Å²) in [5.74, 6) is 0.306. The first kappa shape index (κ1) is 10.0. The SMILES string of the molecule is Cc1ccc(O)c(NC(=O)C2CCC2)c1. The maximum absolute atomic E-state index is 11.6. The minimum Gasteiger partial charge on any atom is -0.506 e. The van der Waals surface area contributed by atoms with Gasteiger partial charge in [0, 0.05) is 5.92 Å². The van der Waals surface area contributed by atoms with Crippen LogP contribution >= 0.6 is 0 Å². The molecule has 0 unspecified atom stereocenters. The summed E-state index contributed by atoms with van der Waals surface area (Å²) in [6.45, 7) is 1.93. The zero-order valence-corrected chi connectivity index (χ0v) is 8.79. The van der Waals surface area contributed by atoms with Crippen LogP contribution in [-0.2, 0) is 4.79 Å². The summed E-state index contributed by atoms with van der Waals surface area (Å²) in [5.41, 5.74) is 1.55. The Morgan fingerprint density at radius 3 is 2.80 bits per heavy atom. The molecule has 3 heteroatoms. The quantitative estimate of drug-likeness (QED) is 0.728. The van der Waals surface area contributed by atoms with Crippen LogP contribution in [0.5, 0.6) is 5.75 Å². The number of amides is 1. The second-order valence-corrected chi connectivity index (χ2v) is 4.14. The lowest BCUT2D eigenvalue weighted by atomic mass is 9.85. The summed E-state index contributed by atoms with van der Waals surface area (Å²) >= 11 is 0. The first-order chi connectivity index (χ1) is 7.16. The largest absolute Gasteiger partial charge is 0.506 e. The number of phenolic OH excluding ortho intramolecular Hbond substituents is 1. The van der Waals surface area contributed by atoms with Gasteiger partial charge in [-0.1, -0.05) is 12.5 Å². The molecular formula is C12H15NO2. The second-order valence-electron chi connectivity index (χ2n) is 4.14. The third kappa shape index (κ3) is 2.12. The molecule has 0 heterocycles. The molecule has 0 aliphatic heterocycles. The molecule has 1 amide bonds. The summed E-state index contributed by atoms with van der Waals surface area (Å²) < 4.78 is 0. The average Bonchev–Trinajstić information content (AvgIpc) is 2.08. The van der Waals surface area contributed by atoms with Crippen LogP contribution in [0, 0.1) is 12.8 Å². The Morgan fingerprint density at radius 2 is 2.20 bits per heavy atom. The summed E-state index contributed by atoms with van der Waals surface area (Å²) in [5, 5.41) is 12.3. The Labute approximate surface area is 89.1 Å². The highest BCUT2D eigenvalue weighted by molar-refractivity contribution is 5.94. The van der Waals surface area contributed by atoms with Gasteiger partial charge in [0.2, 0.25) is 5.91 Å². The zero-order valence-electron chi connectivity index (χ0n) is 8.79. The van der Waals surface area contributed by atoms with Crippen LogP contribution < -0.4 is 5.32 Å². The van der Waals surface area contributed by atoms with Gasteiger partial charge >= 0.3 is 0 Å². The molecule has 1 aliphatic carbocycles. The van der Waals surface area contributed by atoms with Crippen molar-refractivity contribution < 1.29 is 9.90 Å². The van der Waals surface area contributed by atoms with E-state index in [1.807, 2.05) is 13.0 Å². The van der Waals surface area contributed by atoms with Crippen LogP contribution in [0.4, 0.5) is 5.69 Å². The van der Waals surface area contributed by atoms with Crippen molar-refractivity contribution in [3.05, 3.63) is 23.8 Å². The van der Waals surface area contributed by atoms with Crippen molar-refractivity contribution in [3.63, 3.8) is 0 Å². The second kappa shape index (κ2) is 3.93. The van der Waals surface area contributed by atoms with Gasteiger partial charge in [-0.2, -0.15) is 0 Å². The first-order valence-corrected chi connectivity index (χ1v) is 5.27. The minimum absolute atomic E-state index is 0.0298. The number of nitrogens with one attached hydrogen (secondary N) is 1. The number of carbonyl (C=O) groups excluding carboxylic acids is 1. The Bertz CT molecular complexity index is 383. The number of anilines is 1. The van der Waals surface area contributed by atoms with Crippen LogP contribution in [0.2, 0.25) is 0 Å². The number of benzene rings is 1. The molecule has 15 heavy (non-hydrogen) atoms. The highest BCUT2D eigenvalue weighted by Crippen LogP contribution is 2.30. The summed E-state index contributed by atoms with van der Waals surface area (Å²) in [4.78, 5) is 11.6. The molecule has 0 atom stereocenters. The van der Waals surface area contributed by atoms with E-state index in [9.17, 15) is 9.90 Å². The summed E-state index contributed by atoms with van der Waals surface area (Å²) in [6.07, 6.45) is 3.08. The van der Waals surface area contributed by atoms with Crippen LogP contribution in [0.1, 0.15) is 24.8 Å². The van der Waals surface area contributed by atoms with Crippen molar-refractivity contribution in [2.75, 3.05) is 5.32 Å². The normalized spacial score (nSPS) is 15.8. The van der Waals surface area contributed by atoms with E-state index >= 15 is 0 Å². The average molecular weight is 205 g/mol. The Balaban J connectivity index is 2.09. The van der Waals surface area contributed by atoms with Gasteiger partial charge in [-0.15, -0.1) is 0 Å². The fourth-order valence-electron chi connectivity index (χ4n) is 1.66. The van der Waals surface area contributed by atoms with Crippen molar-refractivity contribution in [3.8, 4) is 5.75 Å². The standard InChI is InChI=1S/C12H15NO2/c1-8-5-6-11(14)10(7-8)13-12(15)9-3-2-4-9/h5-7,9,14H,2-4H2,1H3,(H,13,15). The summed E-state index contributed by atoms with van der Waals surface area (Å²) in [6, 6.07) is 5.20. The van der Waals surface area contributed by atoms with Gasteiger partial charge in [0.15, 0.2) is 0 Å². The van der Waals surface area contributed by atoms with Gasteiger partial charge in [-0.3, -0.25) is 4.79 Å². The van der Waals surface area contributed by atoms with E-state index in [0.29, 0.717) is 5.69 Å². The molecule has 1 saturated carbocycles. The van der Waals surface area contributed by atoms with Crippen molar-refractivity contribution in [1.29, 1.82) is 0 Å². The molecule has 2 N–H and O–H groups in total. The number of carbonyl (C=O) groups is 1. The van der Waals surface area contributed by atoms with Gasteiger partial charge in [0.25, 0.3) is 0 Å². The van der Waals surface area contributed by atoms with Crippen molar-refractivity contribution in [2.24, 2.45) is 5.92 Å². The molecule has 2 rings (SSSR count). The molecule has 0 spiro atoms. The van der Waals surface area contributed by atoms with E-state index < -0.39 is 0 Å². The lowest BCUT2D eigenvalue weighted by molar-refractivity contribution is -0.122. The lowest BCUT2D eigenvalue weighted by Gasteiger charge is -2.24. The highest BCUT2D eigenvalue weighted by atomic mass is 16.3. The van der Waals surface area contributed by atoms with E-state index in [-0.39, 0.29) is 17.6 Å². The topological polar surface area (TPSA) is 49.3 Å². The van der Waals surface area contributed by atoms with Crippen molar-refractivity contribution in [1.82, 2.24) is 0 Å². The third-order valence-electron chi connectivity index (χ3n) is 2.89. The van der Waals surface area contributed by atoms with Crippen LogP contribution in [0.25, 0.3) is 0 Å². The monoisotopic (exact) mass is 205 g/mol. The fourth-order valence-corrected chi connectivity index (χ4v) is 1.66. The smallest absolute Gasteiger partial charge is 0.227 e. The molecule has 80 valence electrons. The van der Waals surface area contributed by atoms with Gasteiger partial charge in [-0.25, -0.2) is 0 Å². The number of hydrogen-bond acceptors (Lipinski definition) is 2. The number of aryl methyl sites for hydroxylation is 1. The summed E-state index contributed by atoms with van der Waals surface area (Å²) in [7, 11) is 0. The molecule has 3 nitrogen and oxygen atoms in total. The van der Waals surface area contributed by atoms with E-state index in [4.69, 9.17) is 0 Å². The predicted octanol–water partition coefficient (Wildman–Crippen LogP) is 2.44. The van der Waals surface area contributed by atoms with Crippen molar-refractivity contribution in [2.45, 2.75) is 26.2 Å². The van der Waals surface area contributed by atoms with Crippen LogP contribution in [-0.4, -0.2) is 11.0 Å². The maximum Gasteiger partial charge on any atom is 0.227 e. The Kier molecular flexibility index (Phi) is 2.62. The van der Waals surface area contributed by atoms with Crippen molar-refractivity contribution >= 4 is 11.6 Å². The van der Waals surface area contributed by atoms with Gasteiger partial charge < -0.3 is 10.4 Å². The maximum atomic E-state index is 11.6. The number of phenols is 1. The highest BCUT2D eigenvalue weighted by Gasteiger charge is 2.25. The van der Waals surface area contributed by atoms with Gasteiger partial charge in [0.05, 0.1) is 5.69 Å². The molecule has 0 radical (unpaired) electrons. The van der Waals surface area contributed by atoms with Gasteiger partial charge in [0.1, 0.15) is 5.75 Å². The molecule has 0 saturated heterocycles. The van der Waals surface area contributed by atoms with E-state index in [1.54, 1.807) is 12.1 Å². The zero-order chi connectivity index (χ0) is 10.8. The first-order valence-electron chi connectivity index (χ1n) is 5.27. The number of aromatic hydroxyl groups is 1. The molecule has 1 aliphatic rings. The van der Waals surface area contributed by atoms with Crippen LogP contribution in [0.3, 0.4) is 0 Å². The number of hydrogen-bond donors (Lipinski definition) is 2. The van der Waals surface area contributed by atoms with E-state index in [2.05, 4.69) is 5.32 Å². The molecule has 0 bridgehead atoms. The Morgan fingerprint density at radius 1 is 1.47 bits per heavy atom. The van der Waals surface area contributed by atoms with E-state index in [1.165, 1.54) is 0 Å². The van der Waals surface area contributed by atoms with Gasteiger partial charge in [-0.05, 0) is 37.5 Å². The third-order valence-corrected chi connectivity index (χ3v) is 2.89. The van der Waals surface area contributed by atoms with E-state index in [0.717, 1.165) is 24.8 Å². The van der Waals surface area contributed by atoms with Crippen LogP contribution in [0.15, 0.2) is 18.2 Å². The fraction of sp³-hybridized carbons (Fsp3) is 0.417. The Hall–Kier alpha value is -1.51. The minimum atomic E-state index is 0.0298. The molecule has 1 fully saturated rings. The molecule has 1 aromatic rings.